The van der Waals surface area contributed by atoms with E-state index >= 15 is 0 Å². The van der Waals surface area contributed by atoms with Crippen molar-refractivity contribution in [1.82, 2.24) is 9.55 Å². The Hall–Kier alpha value is -2.73. The molecule has 6 heteroatoms. The van der Waals surface area contributed by atoms with Crippen LogP contribution in [0.2, 0.25) is 0 Å². The van der Waals surface area contributed by atoms with Crippen molar-refractivity contribution >= 4 is 16.1 Å². The van der Waals surface area contributed by atoms with E-state index in [0.29, 0.717) is 11.8 Å². The molecule has 2 aromatic carbocycles. The molecular formula is C18H16N2O3S. The maximum Gasteiger partial charge on any atom is 0.228 e. The molecule has 0 saturated heterocycles. The Bertz CT molecular complexity index is 933. The zero-order chi connectivity index (χ0) is 17.0. The molecule has 0 amide bonds. The van der Waals surface area contributed by atoms with Crippen LogP contribution in [0.4, 0.5) is 0 Å². The molecule has 0 atom stereocenters. The van der Waals surface area contributed by atoms with E-state index in [9.17, 15) is 13.2 Å². The van der Waals surface area contributed by atoms with Crippen LogP contribution in [0.25, 0.3) is 0 Å². The van der Waals surface area contributed by atoms with Crippen LogP contribution in [0.3, 0.4) is 0 Å². The number of carbonyl (C=O) groups is 1. The first-order valence-electron chi connectivity index (χ1n) is 7.41. The summed E-state index contributed by atoms with van der Waals surface area (Å²) >= 11 is 0. The molecule has 1 aromatic heterocycles. The largest absolute Gasteiger partial charge is 0.308 e. The van der Waals surface area contributed by atoms with Crippen molar-refractivity contribution in [1.29, 1.82) is 0 Å². The van der Waals surface area contributed by atoms with E-state index in [-0.39, 0.29) is 23.1 Å². The van der Waals surface area contributed by atoms with Crippen molar-refractivity contribution < 1.29 is 13.2 Å². The summed E-state index contributed by atoms with van der Waals surface area (Å²) in [7, 11) is -3.66. The Labute approximate surface area is 140 Å². The number of hydrogen-bond donors (Lipinski definition) is 0. The fourth-order valence-electron chi connectivity index (χ4n) is 2.50. The summed E-state index contributed by atoms with van der Waals surface area (Å²) in [5.74, 6) is -0.155. The highest BCUT2D eigenvalue weighted by Crippen LogP contribution is 2.18. The molecule has 3 aromatic rings. The lowest BCUT2D eigenvalue weighted by atomic mass is 10.2. The van der Waals surface area contributed by atoms with E-state index in [4.69, 9.17) is 0 Å². The fourth-order valence-corrected chi connectivity index (χ4v) is 3.98. The van der Waals surface area contributed by atoms with Crippen LogP contribution in [0, 0.1) is 0 Å². The third-order valence-corrected chi connectivity index (χ3v) is 5.23. The second-order valence-corrected chi connectivity index (χ2v) is 7.28. The van der Waals surface area contributed by atoms with E-state index in [2.05, 4.69) is 4.98 Å². The highest BCUT2D eigenvalue weighted by Gasteiger charge is 2.23. The molecular weight excluding hydrogens is 324 g/mol. The summed E-state index contributed by atoms with van der Waals surface area (Å²) in [4.78, 5) is 15.3. The smallest absolute Gasteiger partial charge is 0.228 e. The van der Waals surface area contributed by atoms with Crippen LogP contribution < -0.4 is 0 Å². The summed E-state index contributed by atoms with van der Waals surface area (Å²) in [6, 6.07) is 18.3. The van der Waals surface area contributed by atoms with Gasteiger partial charge in [-0.05, 0) is 11.1 Å². The van der Waals surface area contributed by atoms with E-state index in [1.165, 1.54) is 10.8 Å². The SMILES string of the molecule is O=Cc1cnc(S(=O)(=O)Cc2ccccc2)n1Cc1ccccc1. The van der Waals surface area contributed by atoms with Gasteiger partial charge in [0, 0.05) is 0 Å². The summed E-state index contributed by atoms with van der Waals surface area (Å²) in [6.07, 6.45) is 1.92. The fraction of sp³-hybridized carbons (Fsp3) is 0.111. The number of carbonyl (C=O) groups excluding carboxylic acids is 1. The third kappa shape index (κ3) is 3.44. The number of imidazole rings is 1. The lowest BCUT2D eigenvalue weighted by Crippen LogP contribution is -2.15. The maximum atomic E-state index is 12.7. The predicted molar refractivity (Wildman–Crippen MR) is 90.5 cm³/mol. The van der Waals surface area contributed by atoms with Crippen molar-refractivity contribution in [2.45, 2.75) is 17.5 Å². The van der Waals surface area contributed by atoms with Gasteiger partial charge >= 0.3 is 0 Å². The molecule has 0 fully saturated rings. The number of aromatic nitrogens is 2. The van der Waals surface area contributed by atoms with E-state index in [0.717, 1.165) is 5.56 Å². The van der Waals surface area contributed by atoms with Gasteiger partial charge in [-0.25, -0.2) is 13.4 Å². The summed E-state index contributed by atoms with van der Waals surface area (Å²) in [6.45, 7) is 0.276. The van der Waals surface area contributed by atoms with Gasteiger partial charge in [0.2, 0.25) is 15.0 Å². The predicted octanol–water partition coefficient (Wildman–Crippen LogP) is 2.72. The molecule has 24 heavy (non-hydrogen) atoms. The Balaban J connectivity index is 1.98. The number of benzene rings is 2. The molecule has 0 aliphatic heterocycles. The zero-order valence-electron chi connectivity index (χ0n) is 12.9. The molecule has 5 nitrogen and oxygen atoms in total. The van der Waals surface area contributed by atoms with Gasteiger partial charge in [0.1, 0.15) is 5.69 Å². The number of nitrogens with zero attached hydrogens (tertiary/aromatic N) is 2. The third-order valence-electron chi connectivity index (χ3n) is 3.63. The normalized spacial score (nSPS) is 11.3. The molecule has 3 rings (SSSR count). The minimum absolute atomic E-state index is 0.0858. The lowest BCUT2D eigenvalue weighted by molar-refractivity contribution is 0.111. The first kappa shape index (κ1) is 16.1. The highest BCUT2D eigenvalue weighted by atomic mass is 32.2. The molecule has 0 unspecified atom stereocenters. The van der Waals surface area contributed by atoms with Crippen LogP contribution in [0.1, 0.15) is 21.6 Å². The van der Waals surface area contributed by atoms with Crippen LogP contribution in [-0.2, 0) is 22.1 Å². The summed E-state index contributed by atoms with van der Waals surface area (Å²) < 4.78 is 26.9. The van der Waals surface area contributed by atoms with Crippen LogP contribution in [0.5, 0.6) is 0 Å². The van der Waals surface area contributed by atoms with Crippen molar-refractivity contribution in [3.8, 4) is 0 Å². The van der Waals surface area contributed by atoms with Crippen LogP contribution in [0.15, 0.2) is 72.0 Å². The minimum Gasteiger partial charge on any atom is -0.308 e. The Morgan fingerprint density at radius 2 is 1.50 bits per heavy atom. The van der Waals surface area contributed by atoms with Crippen molar-refractivity contribution in [3.63, 3.8) is 0 Å². The molecule has 1 heterocycles. The van der Waals surface area contributed by atoms with Crippen molar-refractivity contribution in [3.05, 3.63) is 83.7 Å². The Morgan fingerprint density at radius 3 is 2.08 bits per heavy atom. The lowest BCUT2D eigenvalue weighted by Gasteiger charge is -2.10. The number of rotatable bonds is 6. The summed E-state index contributed by atoms with van der Waals surface area (Å²) in [5, 5.41) is -0.0858. The Morgan fingerprint density at radius 1 is 0.917 bits per heavy atom. The molecule has 0 bridgehead atoms. The van der Waals surface area contributed by atoms with Gasteiger partial charge in [0.15, 0.2) is 6.29 Å². The van der Waals surface area contributed by atoms with Gasteiger partial charge in [-0.1, -0.05) is 60.7 Å². The second-order valence-electron chi connectivity index (χ2n) is 5.40. The monoisotopic (exact) mass is 340 g/mol. The molecule has 0 saturated carbocycles. The van der Waals surface area contributed by atoms with E-state index in [1.54, 1.807) is 24.3 Å². The molecule has 122 valence electrons. The molecule has 0 aliphatic carbocycles. The van der Waals surface area contributed by atoms with Crippen molar-refractivity contribution in [2.75, 3.05) is 0 Å². The quantitative estimate of drug-likeness (QED) is 0.647. The summed E-state index contributed by atoms with van der Waals surface area (Å²) in [5.41, 5.74) is 1.82. The number of hydrogen-bond acceptors (Lipinski definition) is 4. The average Bonchev–Trinajstić information content (AvgIpc) is 3.00. The van der Waals surface area contributed by atoms with Crippen molar-refractivity contribution in [2.24, 2.45) is 0 Å². The first-order valence-corrected chi connectivity index (χ1v) is 9.07. The van der Waals surface area contributed by atoms with E-state index < -0.39 is 9.84 Å². The Kier molecular flexibility index (Phi) is 4.57. The van der Waals surface area contributed by atoms with E-state index in [1.807, 2.05) is 36.4 Å². The van der Waals surface area contributed by atoms with Gasteiger partial charge in [-0.15, -0.1) is 0 Å². The van der Waals surface area contributed by atoms with Gasteiger partial charge < -0.3 is 4.57 Å². The number of sulfone groups is 1. The average molecular weight is 340 g/mol. The first-order chi connectivity index (χ1) is 11.6. The minimum atomic E-state index is -3.66. The standard InChI is InChI=1S/C18H16N2O3S/c21-13-17-11-19-18(20(17)12-15-7-3-1-4-8-15)24(22,23)14-16-9-5-2-6-10-16/h1-11,13H,12,14H2. The van der Waals surface area contributed by atoms with Crippen LogP contribution in [-0.4, -0.2) is 24.3 Å². The number of aldehydes is 1. The van der Waals surface area contributed by atoms with Gasteiger partial charge in [-0.2, -0.15) is 0 Å². The maximum absolute atomic E-state index is 12.7. The highest BCUT2D eigenvalue weighted by molar-refractivity contribution is 7.90. The molecule has 0 N–H and O–H groups in total. The molecule has 0 spiro atoms. The topological polar surface area (TPSA) is 69.0 Å². The zero-order valence-corrected chi connectivity index (χ0v) is 13.7. The second kappa shape index (κ2) is 6.80. The molecule has 0 radical (unpaired) electrons. The molecule has 0 aliphatic rings. The van der Waals surface area contributed by atoms with Gasteiger partial charge in [0.05, 0.1) is 18.5 Å². The van der Waals surface area contributed by atoms with Crippen LogP contribution >= 0.6 is 0 Å². The van der Waals surface area contributed by atoms with Gasteiger partial charge in [-0.3, -0.25) is 4.79 Å². The van der Waals surface area contributed by atoms with Gasteiger partial charge in [0.25, 0.3) is 0 Å².